The number of aryl methyl sites for hydroxylation is 1. The highest BCUT2D eigenvalue weighted by Gasteiger charge is 2.26. The Bertz CT molecular complexity index is 1370. The number of fused-ring (bicyclic) bond motifs is 1. The van der Waals surface area contributed by atoms with Crippen molar-refractivity contribution >= 4 is 16.9 Å². The van der Waals surface area contributed by atoms with Gasteiger partial charge in [-0.3, -0.25) is 4.68 Å². The number of aromatic nitrogens is 4. The molecular weight excluding hydrogens is 494 g/mol. The van der Waals surface area contributed by atoms with Crippen LogP contribution in [0, 0.1) is 0 Å². The van der Waals surface area contributed by atoms with Crippen LogP contribution in [-0.2, 0) is 20.1 Å². The average Bonchev–Trinajstić information content (AvgIpc) is 3.34. The zero-order chi connectivity index (χ0) is 27.4. The van der Waals surface area contributed by atoms with Gasteiger partial charge in [0.15, 0.2) is 5.82 Å². The van der Waals surface area contributed by atoms with E-state index in [1.807, 2.05) is 48.1 Å². The van der Waals surface area contributed by atoms with Gasteiger partial charge in [0.05, 0.1) is 34.1 Å². The zero-order valence-corrected chi connectivity index (χ0v) is 23.4. The van der Waals surface area contributed by atoms with E-state index in [2.05, 4.69) is 4.90 Å². The number of benzene rings is 2. The summed E-state index contributed by atoms with van der Waals surface area (Å²) in [4.78, 5) is 11.8. The van der Waals surface area contributed by atoms with Gasteiger partial charge in [-0.25, -0.2) is 9.97 Å². The second-order valence-electron chi connectivity index (χ2n) is 9.95. The van der Waals surface area contributed by atoms with Crippen molar-refractivity contribution in [2.75, 3.05) is 33.3 Å². The lowest BCUT2D eigenvalue weighted by atomic mass is 9.86. The Morgan fingerprint density at radius 2 is 1.38 bits per heavy atom. The number of hydrogen-bond donors (Lipinski definition) is 0. The lowest BCUT2D eigenvalue weighted by Crippen LogP contribution is -2.24. The molecule has 4 aromatic rings. The Balaban J connectivity index is 1.61. The molecule has 1 aliphatic rings. The Morgan fingerprint density at radius 1 is 0.795 bits per heavy atom. The summed E-state index contributed by atoms with van der Waals surface area (Å²) in [6.45, 7) is 1.08. The van der Waals surface area contributed by atoms with Crippen molar-refractivity contribution in [3.8, 4) is 23.0 Å². The molecule has 0 amide bonds. The number of rotatable bonds is 10. The fraction of sp³-hybridized carbons (Fsp3) is 0.433. The van der Waals surface area contributed by atoms with Crippen LogP contribution in [0.4, 0.5) is 5.82 Å². The predicted molar refractivity (Wildman–Crippen MR) is 151 cm³/mol. The van der Waals surface area contributed by atoms with Crippen molar-refractivity contribution in [3.63, 3.8) is 0 Å². The molecule has 2 aromatic carbocycles. The van der Waals surface area contributed by atoms with Crippen molar-refractivity contribution < 1.29 is 18.9 Å². The van der Waals surface area contributed by atoms with Crippen molar-refractivity contribution in [3.05, 3.63) is 59.5 Å². The molecule has 2 aromatic heterocycles. The van der Waals surface area contributed by atoms with Gasteiger partial charge in [0.2, 0.25) is 0 Å². The van der Waals surface area contributed by atoms with E-state index < -0.39 is 0 Å². The predicted octanol–water partition coefficient (Wildman–Crippen LogP) is 5.65. The fourth-order valence-corrected chi connectivity index (χ4v) is 5.58. The number of methoxy groups -OCH3 is 4. The van der Waals surface area contributed by atoms with E-state index in [1.54, 1.807) is 34.8 Å². The highest BCUT2D eigenvalue weighted by molar-refractivity contribution is 5.88. The minimum Gasteiger partial charge on any atom is -0.497 e. The molecule has 2 heterocycles. The lowest BCUT2D eigenvalue weighted by molar-refractivity contribution is 0.389. The van der Waals surface area contributed by atoms with Gasteiger partial charge in [-0.15, -0.1) is 0 Å². The molecule has 206 valence electrons. The summed E-state index contributed by atoms with van der Waals surface area (Å²) in [5.74, 6) is 4.23. The van der Waals surface area contributed by atoms with Crippen LogP contribution < -0.4 is 23.8 Å². The molecule has 0 bridgehead atoms. The van der Waals surface area contributed by atoms with Gasteiger partial charge in [-0.1, -0.05) is 19.3 Å². The third-order valence-electron chi connectivity index (χ3n) is 7.63. The van der Waals surface area contributed by atoms with Gasteiger partial charge < -0.3 is 23.8 Å². The average molecular weight is 532 g/mol. The summed E-state index contributed by atoms with van der Waals surface area (Å²) >= 11 is 0. The van der Waals surface area contributed by atoms with Gasteiger partial charge in [0, 0.05) is 49.3 Å². The summed E-state index contributed by atoms with van der Waals surface area (Å²) < 4.78 is 24.3. The molecule has 39 heavy (non-hydrogen) atoms. The third-order valence-corrected chi connectivity index (χ3v) is 7.63. The fourth-order valence-electron chi connectivity index (χ4n) is 5.58. The van der Waals surface area contributed by atoms with Crippen molar-refractivity contribution in [2.24, 2.45) is 7.05 Å². The molecule has 1 fully saturated rings. The maximum Gasteiger partial charge on any atom is 0.158 e. The van der Waals surface area contributed by atoms with Gasteiger partial charge in [0.25, 0.3) is 0 Å². The van der Waals surface area contributed by atoms with E-state index in [9.17, 15) is 0 Å². The van der Waals surface area contributed by atoms with E-state index in [-0.39, 0.29) is 0 Å². The van der Waals surface area contributed by atoms with E-state index in [1.165, 1.54) is 19.3 Å². The minimum absolute atomic E-state index is 0.432. The molecule has 1 saturated carbocycles. The first kappa shape index (κ1) is 26.6. The summed E-state index contributed by atoms with van der Waals surface area (Å²) in [6, 6.07) is 11.8. The molecule has 9 nitrogen and oxygen atoms in total. The van der Waals surface area contributed by atoms with Crippen LogP contribution in [0.3, 0.4) is 0 Å². The summed E-state index contributed by atoms with van der Waals surface area (Å²) in [7, 11) is 8.65. The first-order valence-electron chi connectivity index (χ1n) is 13.4. The Kier molecular flexibility index (Phi) is 8.05. The molecule has 0 unspecified atom stereocenters. The number of hydrogen-bond acceptors (Lipinski definition) is 8. The second kappa shape index (κ2) is 11.8. The molecule has 0 saturated heterocycles. The van der Waals surface area contributed by atoms with E-state index in [0.29, 0.717) is 19.0 Å². The SMILES string of the molecule is COc1ccc(CN(Cc2ccc(OC)cc2OC)c2ncnc3c(C4CCCCC4)nn(C)c23)c(OC)c1. The Hall–Kier alpha value is -4.01. The summed E-state index contributed by atoms with van der Waals surface area (Å²) in [5.41, 5.74) is 4.96. The second-order valence-corrected chi connectivity index (χ2v) is 9.95. The maximum absolute atomic E-state index is 5.75. The van der Waals surface area contributed by atoms with Crippen molar-refractivity contribution in [1.29, 1.82) is 0 Å². The smallest absolute Gasteiger partial charge is 0.158 e. The van der Waals surface area contributed by atoms with Crippen LogP contribution >= 0.6 is 0 Å². The van der Waals surface area contributed by atoms with Crippen molar-refractivity contribution in [2.45, 2.75) is 51.1 Å². The molecule has 1 aliphatic carbocycles. The van der Waals surface area contributed by atoms with Crippen LogP contribution in [0.25, 0.3) is 11.0 Å². The molecule has 0 atom stereocenters. The molecule has 9 heteroatoms. The highest BCUT2D eigenvalue weighted by Crippen LogP contribution is 2.38. The topological polar surface area (TPSA) is 83.8 Å². The number of ether oxygens (including phenoxy) is 4. The maximum atomic E-state index is 5.75. The normalized spacial score (nSPS) is 13.9. The van der Waals surface area contributed by atoms with E-state index >= 15 is 0 Å². The van der Waals surface area contributed by atoms with Gasteiger partial charge in [-0.05, 0) is 37.1 Å². The molecule has 0 N–H and O–H groups in total. The molecule has 0 spiro atoms. The van der Waals surface area contributed by atoms with Gasteiger partial charge in [-0.2, -0.15) is 5.10 Å². The monoisotopic (exact) mass is 531 g/mol. The Labute approximate surface area is 229 Å². The molecule has 0 aliphatic heterocycles. The largest absolute Gasteiger partial charge is 0.497 e. The molecule has 5 rings (SSSR count). The number of anilines is 1. The van der Waals surface area contributed by atoms with Gasteiger partial charge in [0.1, 0.15) is 40.4 Å². The van der Waals surface area contributed by atoms with Crippen molar-refractivity contribution in [1.82, 2.24) is 19.7 Å². The van der Waals surface area contributed by atoms with Crippen LogP contribution in [0.1, 0.15) is 54.8 Å². The van der Waals surface area contributed by atoms with Crippen LogP contribution in [0.5, 0.6) is 23.0 Å². The van der Waals surface area contributed by atoms with E-state index in [0.717, 1.165) is 69.5 Å². The Morgan fingerprint density at radius 3 is 1.92 bits per heavy atom. The first-order valence-corrected chi connectivity index (χ1v) is 13.4. The first-order chi connectivity index (χ1) is 19.1. The summed E-state index contributed by atoms with van der Waals surface area (Å²) in [6.07, 6.45) is 7.74. The summed E-state index contributed by atoms with van der Waals surface area (Å²) in [5, 5.41) is 4.99. The standard InChI is InChI=1S/C30H37N5O4/c1-34-29-28(27(33-34)20-9-7-6-8-10-20)31-19-32-30(29)35(17-21-11-13-23(36-2)15-25(21)38-4)18-22-12-14-24(37-3)16-26(22)39-5/h11-16,19-20H,6-10,17-18H2,1-5H3. The van der Waals surface area contributed by atoms with E-state index in [4.69, 9.17) is 34.0 Å². The molecular formula is C30H37N5O4. The molecule has 0 radical (unpaired) electrons. The minimum atomic E-state index is 0.432. The zero-order valence-electron chi connectivity index (χ0n) is 23.4. The van der Waals surface area contributed by atoms with Gasteiger partial charge >= 0.3 is 0 Å². The third kappa shape index (κ3) is 5.44. The van der Waals surface area contributed by atoms with Crippen LogP contribution in [0.2, 0.25) is 0 Å². The van der Waals surface area contributed by atoms with Crippen LogP contribution in [-0.4, -0.2) is 48.2 Å². The lowest BCUT2D eigenvalue weighted by Gasteiger charge is -2.26. The van der Waals surface area contributed by atoms with Crippen LogP contribution in [0.15, 0.2) is 42.7 Å². The quantitative estimate of drug-likeness (QED) is 0.260. The highest BCUT2D eigenvalue weighted by atomic mass is 16.5. The number of nitrogens with zero attached hydrogens (tertiary/aromatic N) is 5.